The number of anilines is 1. The average Bonchev–Trinajstić information content (AvgIpc) is 3.04. The Morgan fingerprint density at radius 2 is 2.12 bits per heavy atom. The van der Waals surface area contributed by atoms with Gasteiger partial charge in [-0.15, -0.1) is 4.21 Å². The molecule has 2 heterocycles. The fourth-order valence-electron chi connectivity index (χ4n) is 2.72. The van der Waals surface area contributed by atoms with E-state index in [-0.39, 0.29) is 0 Å². The van der Waals surface area contributed by atoms with Crippen molar-refractivity contribution in [3.8, 4) is 16.9 Å². The highest BCUT2D eigenvalue weighted by molar-refractivity contribution is 7.97. The molecule has 2 aromatic rings. The number of ether oxygens (including phenoxy) is 2. The Morgan fingerprint density at radius 1 is 1.38 bits per heavy atom. The van der Waals surface area contributed by atoms with E-state index in [9.17, 15) is 8.76 Å². The predicted octanol–water partition coefficient (Wildman–Crippen LogP) is 2.36. The molecule has 128 valence electrons. The summed E-state index contributed by atoms with van der Waals surface area (Å²) in [5.74, 6) is 1.49. The molecular weight excluding hydrogens is 328 g/mol. The van der Waals surface area contributed by atoms with E-state index in [0.717, 1.165) is 34.7 Å². The first-order chi connectivity index (χ1) is 11.5. The van der Waals surface area contributed by atoms with Gasteiger partial charge in [0.2, 0.25) is 0 Å². The van der Waals surface area contributed by atoms with Gasteiger partial charge < -0.3 is 19.3 Å². The van der Waals surface area contributed by atoms with E-state index >= 15 is 0 Å². The van der Waals surface area contributed by atoms with E-state index in [1.54, 1.807) is 25.4 Å². The Balaban J connectivity index is 1.92. The summed E-state index contributed by atoms with van der Waals surface area (Å²) in [4.78, 5) is 4.77. The summed E-state index contributed by atoms with van der Waals surface area (Å²) in [5, 5.41) is 3.21. The predicted molar refractivity (Wildman–Crippen MR) is 92.3 cm³/mol. The smallest absolute Gasteiger partial charge is 0.169 e. The van der Waals surface area contributed by atoms with Gasteiger partial charge in [0.1, 0.15) is 6.26 Å². The van der Waals surface area contributed by atoms with Gasteiger partial charge in [-0.2, -0.15) is 0 Å². The summed E-state index contributed by atoms with van der Waals surface area (Å²) < 4.78 is 33.9. The number of sulfone groups is 1. The number of hydrogen-bond donors (Lipinski definition) is 1. The topological polar surface area (TPSA) is 83.5 Å². The van der Waals surface area contributed by atoms with Gasteiger partial charge in [-0.05, 0) is 29.8 Å². The van der Waals surface area contributed by atoms with Crippen molar-refractivity contribution in [3.63, 3.8) is 0 Å². The molecule has 0 amide bonds. The lowest BCUT2D eigenvalue weighted by molar-refractivity contribution is 0.210. The molecule has 0 radical (unpaired) electrons. The van der Waals surface area contributed by atoms with Crippen molar-refractivity contribution in [2.75, 3.05) is 38.4 Å². The van der Waals surface area contributed by atoms with Crippen LogP contribution in [0.1, 0.15) is 5.56 Å². The molecule has 1 aliphatic rings. The number of hydrogen-bond acceptors (Lipinski definition) is 6. The second-order valence-corrected chi connectivity index (χ2v) is 7.66. The van der Waals surface area contributed by atoms with E-state index in [2.05, 4.69) is 10.3 Å². The molecular formula is C17H20N2O4S. The molecule has 0 saturated carbocycles. The van der Waals surface area contributed by atoms with Gasteiger partial charge in [0.25, 0.3) is 0 Å². The quantitative estimate of drug-likeness (QED) is 0.637. The van der Waals surface area contributed by atoms with Crippen LogP contribution >= 0.6 is 0 Å². The lowest BCUT2D eigenvalue weighted by atomic mass is 10.0. The molecule has 1 atom stereocenters. The number of methoxy groups -OCH3 is 1. The van der Waals surface area contributed by atoms with Crippen LogP contribution in [-0.2, 0) is 25.6 Å². The number of rotatable bonds is 6. The zero-order valence-corrected chi connectivity index (χ0v) is 14.5. The van der Waals surface area contributed by atoms with Gasteiger partial charge in [0.15, 0.2) is 16.5 Å². The molecule has 1 aromatic heterocycles. The van der Waals surface area contributed by atoms with Gasteiger partial charge in [-0.3, -0.25) is 0 Å². The lowest BCUT2D eigenvalue weighted by Gasteiger charge is -2.13. The van der Waals surface area contributed by atoms with Crippen molar-refractivity contribution in [2.24, 2.45) is 0 Å². The molecule has 1 aliphatic heterocycles. The molecule has 0 fully saturated rings. The average molecular weight is 348 g/mol. The van der Waals surface area contributed by atoms with Gasteiger partial charge >= 0.3 is 0 Å². The number of pyridine rings is 1. The normalized spacial score (nSPS) is 15.5. The zero-order valence-electron chi connectivity index (χ0n) is 13.7. The maximum absolute atomic E-state index is 11.6. The van der Waals surface area contributed by atoms with E-state index in [4.69, 9.17) is 9.47 Å². The van der Waals surface area contributed by atoms with E-state index < -0.39 is 10.2 Å². The summed E-state index contributed by atoms with van der Waals surface area (Å²) in [6.45, 7) is 1.86. The third kappa shape index (κ3) is 3.43. The van der Waals surface area contributed by atoms with E-state index in [1.807, 2.05) is 12.1 Å². The molecule has 3 rings (SSSR count). The zero-order chi connectivity index (χ0) is 17.2. The van der Waals surface area contributed by atoms with Crippen LogP contribution in [0, 0.1) is 0 Å². The standard InChI is InChI=1S/C17H20N2O4S/c1-22-10-8-18-17-16-14(7-9-23-16)15(11-19-17)12-3-5-13(6-4-12)24(2,20)21/h3-6,11H,7-10H2,1-2H3,(H-,18,19,20,21). The highest BCUT2D eigenvalue weighted by atomic mass is 32.3. The third-order valence-electron chi connectivity index (χ3n) is 3.93. The van der Waals surface area contributed by atoms with Gasteiger partial charge in [-0.25, -0.2) is 4.98 Å². The van der Waals surface area contributed by atoms with Crippen LogP contribution in [0.25, 0.3) is 11.1 Å². The van der Waals surface area contributed by atoms with E-state index in [1.165, 1.54) is 6.26 Å². The summed E-state index contributed by atoms with van der Waals surface area (Å²) in [5.41, 5.74) is 3.00. The minimum Gasteiger partial charge on any atom is -0.610 e. The number of aromatic nitrogens is 1. The van der Waals surface area contributed by atoms with Crippen molar-refractivity contribution in [1.82, 2.24) is 4.98 Å². The van der Waals surface area contributed by atoms with Crippen molar-refractivity contribution in [3.05, 3.63) is 36.0 Å². The third-order valence-corrected chi connectivity index (χ3v) is 5.06. The number of benzene rings is 1. The number of nitrogens with one attached hydrogen (secondary N) is 1. The van der Waals surface area contributed by atoms with E-state index in [0.29, 0.717) is 24.7 Å². The fourth-order valence-corrected chi connectivity index (χ4v) is 3.35. The van der Waals surface area contributed by atoms with Gasteiger partial charge in [0.05, 0.1) is 23.4 Å². The Kier molecular flexibility index (Phi) is 4.84. The molecule has 24 heavy (non-hydrogen) atoms. The molecule has 6 nitrogen and oxygen atoms in total. The Labute approximate surface area is 142 Å². The summed E-state index contributed by atoms with van der Waals surface area (Å²) >= 11 is 0. The van der Waals surface area contributed by atoms with Crippen molar-refractivity contribution >= 4 is 16.0 Å². The van der Waals surface area contributed by atoms with Crippen LogP contribution in [0.5, 0.6) is 5.75 Å². The first-order valence-corrected chi connectivity index (χ1v) is 9.58. The largest absolute Gasteiger partial charge is 0.610 e. The second kappa shape index (κ2) is 6.88. The Hall–Kier alpha value is -1.96. The summed E-state index contributed by atoms with van der Waals surface area (Å²) in [6.07, 6.45) is 3.81. The molecule has 0 bridgehead atoms. The maximum Gasteiger partial charge on any atom is 0.169 e. The lowest BCUT2D eigenvalue weighted by Crippen LogP contribution is -2.10. The van der Waals surface area contributed by atoms with Crippen LogP contribution < -0.4 is 10.1 Å². The second-order valence-electron chi connectivity index (χ2n) is 5.64. The highest BCUT2D eigenvalue weighted by Gasteiger charge is 2.22. The minimum atomic E-state index is -3.19. The van der Waals surface area contributed by atoms with Crippen molar-refractivity contribution in [2.45, 2.75) is 11.3 Å². The fraction of sp³-hybridized carbons (Fsp3) is 0.353. The van der Waals surface area contributed by atoms with Gasteiger partial charge in [0, 0.05) is 37.4 Å². The molecule has 1 unspecified atom stereocenters. The molecule has 1 aromatic carbocycles. The molecule has 0 aliphatic carbocycles. The summed E-state index contributed by atoms with van der Waals surface area (Å²) in [6, 6.07) is 6.86. The van der Waals surface area contributed by atoms with Crippen molar-refractivity contribution in [1.29, 1.82) is 0 Å². The van der Waals surface area contributed by atoms with Gasteiger partial charge in [-0.1, -0.05) is 0 Å². The highest BCUT2D eigenvalue weighted by Crippen LogP contribution is 2.39. The molecule has 7 heteroatoms. The maximum atomic E-state index is 11.6. The Morgan fingerprint density at radius 3 is 2.79 bits per heavy atom. The van der Waals surface area contributed by atoms with Crippen molar-refractivity contribution < 1.29 is 18.2 Å². The summed E-state index contributed by atoms with van der Waals surface area (Å²) in [7, 11) is -1.54. The van der Waals surface area contributed by atoms with Crippen LogP contribution in [-0.4, -0.2) is 42.7 Å². The van der Waals surface area contributed by atoms with Crippen LogP contribution in [0.4, 0.5) is 5.82 Å². The monoisotopic (exact) mass is 348 g/mol. The van der Waals surface area contributed by atoms with Crippen LogP contribution in [0.15, 0.2) is 35.4 Å². The first kappa shape index (κ1) is 16.9. The Bertz CT molecular complexity index is 771. The molecule has 0 saturated heterocycles. The SMILES string of the molecule is COCCNc1ncc(-c2ccc([S+](C)(=O)[O-])cc2)c2c1OCC2. The number of nitrogens with zero attached hydrogens (tertiary/aromatic N) is 1. The number of fused-ring (bicyclic) bond motifs is 1. The van der Waals surface area contributed by atoms with Crippen LogP contribution in [0.2, 0.25) is 0 Å². The minimum absolute atomic E-state index is 0.310. The molecule has 1 N–H and O–H groups in total. The van der Waals surface area contributed by atoms with Crippen LogP contribution in [0.3, 0.4) is 0 Å². The first-order valence-electron chi connectivity index (χ1n) is 7.68. The molecule has 0 spiro atoms.